The highest BCUT2D eigenvalue weighted by Crippen LogP contribution is 2.30. The lowest BCUT2D eigenvalue weighted by molar-refractivity contribution is 0.239. The molecule has 1 fully saturated rings. The minimum absolute atomic E-state index is 0.757. The molecule has 0 aromatic rings. The van der Waals surface area contributed by atoms with Crippen LogP contribution in [0, 0.1) is 5.92 Å². The lowest BCUT2D eigenvalue weighted by Crippen LogP contribution is -2.31. The average Bonchev–Trinajstić information content (AvgIpc) is 2.42. The van der Waals surface area contributed by atoms with Crippen molar-refractivity contribution in [3.8, 4) is 0 Å². The lowest BCUT2D eigenvalue weighted by atomic mass is 9.84. The second kappa shape index (κ2) is 10.1. The highest BCUT2D eigenvalue weighted by molar-refractivity contribution is 5.35. The predicted molar refractivity (Wildman–Crippen MR) is 83.9 cm³/mol. The van der Waals surface area contributed by atoms with Gasteiger partial charge in [-0.1, -0.05) is 45.6 Å². The highest BCUT2D eigenvalue weighted by Gasteiger charge is 2.21. The normalized spacial score (nSPS) is 19.2. The fourth-order valence-electron chi connectivity index (χ4n) is 2.56. The number of nitrogens with zero attached hydrogens (tertiary/aromatic N) is 1. The molecule has 0 atom stereocenters. The largest absolute Gasteiger partial charge is 0.306 e. The van der Waals surface area contributed by atoms with Crippen LogP contribution in [-0.2, 0) is 0 Å². The van der Waals surface area contributed by atoms with Gasteiger partial charge in [-0.3, -0.25) is 0 Å². The number of hydrogen-bond acceptors (Lipinski definition) is 1. The van der Waals surface area contributed by atoms with Gasteiger partial charge >= 0.3 is 0 Å². The van der Waals surface area contributed by atoms with Gasteiger partial charge < -0.3 is 4.90 Å². The quantitative estimate of drug-likeness (QED) is 0.645. The maximum atomic E-state index is 3.81. The van der Waals surface area contributed by atoms with Crippen molar-refractivity contribution in [2.45, 2.75) is 47.0 Å². The minimum Gasteiger partial charge on any atom is -0.306 e. The van der Waals surface area contributed by atoms with Crippen molar-refractivity contribution in [1.29, 1.82) is 0 Å². The maximum Gasteiger partial charge on any atom is -0.00159 e. The van der Waals surface area contributed by atoms with E-state index in [0.717, 1.165) is 12.3 Å². The van der Waals surface area contributed by atoms with Crippen LogP contribution in [-0.4, -0.2) is 25.0 Å². The Morgan fingerprint density at radius 1 is 1.28 bits per heavy atom. The van der Waals surface area contributed by atoms with Crippen LogP contribution in [0.3, 0.4) is 0 Å². The average molecular weight is 249 g/mol. The van der Waals surface area contributed by atoms with Gasteiger partial charge in [0.05, 0.1) is 0 Å². The van der Waals surface area contributed by atoms with Crippen molar-refractivity contribution in [2.24, 2.45) is 5.92 Å². The van der Waals surface area contributed by atoms with Gasteiger partial charge in [-0.15, -0.1) is 0 Å². The molecule has 1 heterocycles. The summed E-state index contributed by atoms with van der Waals surface area (Å²) >= 11 is 0. The molecular formula is C17H31N. The zero-order valence-corrected chi connectivity index (χ0v) is 13.0. The first-order chi connectivity index (χ1) is 8.72. The first-order valence-corrected chi connectivity index (χ1v) is 7.39. The number of rotatable bonds is 4. The standard InChI is InChI=1S/C15H25N.C2H6/c1-5-8-13(6-2)15(7-3)14-9-11-16(4)12-10-14;1-2/h5,7-8,14H,1,6,9-12H2,2-4H3;1-2H3/b13-8-,15-7+;. The smallest absolute Gasteiger partial charge is 0.00159 e. The summed E-state index contributed by atoms with van der Waals surface area (Å²) < 4.78 is 0. The first-order valence-electron chi connectivity index (χ1n) is 7.39. The maximum absolute atomic E-state index is 3.81. The Labute approximate surface area is 114 Å². The van der Waals surface area contributed by atoms with Crippen LogP contribution in [0.2, 0.25) is 0 Å². The first kappa shape index (κ1) is 17.2. The molecular weight excluding hydrogens is 218 g/mol. The van der Waals surface area contributed by atoms with Gasteiger partial charge in [-0.05, 0) is 63.4 Å². The summed E-state index contributed by atoms with van der Waals surface area (Å²) in [5.41, 5.74) is 3.02. The van der Waals surface area contributed by atoms with E-state index in [1.54, 1.807) is 5.57 Å². The van der Waals surface area contributed by atoms with E-state index in [-0.39, 0.29) is 0 Å². The molecule has 104 valence electrons. The monoisotopic (exact) mass is 249 g/mol. The van der Waals surface area contributed by atoms with Gasteiger partial charge in [0.25, 0.3) is 0 Å². The van der Waals surface area contributed by atoms with Gasteiger partial charge in [0.1, 0.15) is 0 Å². The Hall–Kier alpha value is -0.820. The summed E-state index contributed by atoms with van der Waals surface area (Å²) in [6.45, 7) is 14.7. The summed E-state index contributed by atoms with van der Waals surface area (Å²) in [5, 5.41) is 0. The van der Waals surface area contributed by atoms with E-state index in [9.17, 15) is 0 Å². The molecule has 1 saturated heterocycles. The summed E-state index contributed by atoms with van der Waals surface area (Å²) in [6, 6.07) is 0. The van der Waals surface area contributed by atoms with E-state index in [2.05, 4.69) is 44.5 Å². The van der Waals surface area contributed by atoms with Crippen molar-refractivity contribution in [2.75, 3.05) is 20.1 Å². The van der Waals surface area contributed by atoms with Crippen molar-refractivity contribution in [3.63, 3.8) is 0 Å². The Kier molecular flexibility index (Phi) is 9.67. The summed E-state index contributed by atoms with van der Waals surface area (Å²) in [5.74, 6) is 0.757. The number of piperidine rings is 1. The second-order valence-electron chi connectivity index (χ2n) is 4.60. The molecule has 1 aliphatic rings. The lowest BCUT2D eigenvalue weighted by Gasteiger charge is -2.31. The second-order valence-corrected chi connectivity index (χ2v) is 4.60. The van der Waals surface area contributed by atoms with Crippen molar-refractivity contribution in [3.05, 3.63) is 36.0 Å². The predicted octanol–water partition coefficient (Wildman–Crippen LogP) is 4.82. The molecule has 0 aromatic carbocycles. The van der Waals surface area contributed by atoms with Crippen LogP contribution in [0.4, 0.5) is 0 Å². The van der Waals surface area contributed by atoms with Gasteiger partial charge in [-0.2, -0.15) is 0 Å². The van der Waals surface area contributed by atoms with E-state index in [1.165, 1.54) is 31.5 Å². The summed E-state index contributed by atoms with van der Waals surface area (Å²) in [4.78, 5) is 2.42. The molecule has 1 aliphatic heterocycles. The van der Waals surface area contributed by atoms with Gasteiger partial charge in [0.15, 0.2) is 0 Å². The zero-order chi connectivity index (χ0) is 14.0. The zero-order valence-electron chi connectivity index (χ0n) is 13.0. The summed E-state index contributed by atoms with van der Waals surface area (Å²) in [6.07, 6.45) is 10.1. The molecule has 0 radical (unpaired) electrons. The Balaban J connectivity index is 0.00000137. The molecule has 1 nitrogen and oxygen atoms in total. The Morgan fingerprint density at radius 2 is 1.83 bits per heavy atom. The summed E-state index contributed by atoms with van der Waals surface area (Å²) in [7, 11) is 2.21. The van der Waals surface area contributed by atoms with Gasteiger partial charge in [-0.25, -0.2) is 0 Å². The van der Waals surface area contributed by atoms with E-state index in [0.29, 0.717) is 0 Å². The number of hydrogen-bond donors (Lipinski definition) is 0. The van der Waals surface area contributed by atoms with Crippen LogP contribution in [0.25, 0.3) is 0 Å². The van der Waals surface area contributed by atoms with Crippen LogP contribution >= 0.6 is 0 Å². The molecule has 0 saturated carbocycles. The highest BCUT2D eigenvalue weighted by atomic mass is 15.1. The molecule has 0 aliphatic carbocycles. The van der Waals surface area contributed by atoms with Crippen LogP contribution < -0.4 is 0 Å². The molecule has 0 bridgehead atoms. The van der Waals surface area contributed by atoms with E-state index >= 15 is 0 Å². The van der Waals surface area contributed by atoms with E-state index in [1.807, 2.05) is 19.9 Å². The van der Waals surface area contributed by atoms with E-state index in [4.69, 9.17) is 0 Å². The molecule has 0 N–H and O–H groups in total. The van der Waals surface area contributed by atoms with Crippen LogP contribution in [0.5, 0.6) is 0 Å². The van der Waals surface area contributed by atoms with Crippen LogP contribution in [0.1, 0.15) is 47.0 Å². The van der Waals surface area contributed by atoms with E-state index < -0.39 is 0 Å². The fraction of sp³-hybridized carbons (Fsp3) is 0.647. The van der Waals surface area contributed by atoms with Gasteiger partial charge in [0.2, 0.25) is 0 Å². The molecule has 0 spiro atoms. The molecule has 0 unspecified atom stereocenters. The van der Waals surface area contributed by atoms with Crippen LogP contribution in [0.15, 0.2) is 36.0 Å². The Morgan fingerprint density at radius 3 is 2.22 bits per heavy atom. The minimum atomic E-state index is 0.757. The number of likely N-dealkylation sites (tertiary alicyclic amines) is 1. The third kappa shape index (κ3) is 5.22. The topological polar surface area (TPSA) is 3.24 Å². The third-order valence-corrected chi connectivity index (χ3v) is 3.54. The van der Waals surface area contributed by atoms with Crippen molar-refractivity contribution in [1.82, 2.24) is 4.90 Å². The molecule has 0 aromatic heterocycles. The molecule has 1 heteroatoms. The van der Waals surface area contributed by atoms with Crippen molar-refractivity contribution < 1.29 is 0 Å². The third-order valence-electron chi connectivity index (χ3n) is 3.54. The molecule has 1 rings (SSSR count). The fourth-order valence-corrected chi connectivity index (χ4v) is 2.56. The molecule has 18 heavy (non-hydrogen) atoms. The SMILES string of the molecule is C=C/C=C(CC)\C(=C/C)C1CCN(C)CC1.CC. The van der Waals surface area contributed by atoms with Crippen molar-refractivity contribution >= 4 is 0 Å². The Bertz CT molecular complexity index is 278. The molecule has 0 amide bonds. The van der Waals surface area contributed by atoms with Gasteiger partial charge in [0, 0.05) is 0 Å². The number of allylic oxidation sites excluding steroid dienone is 5.